The van der Waals surface area contributed by atoms with Crippen LogP contribution >= 0.6 is 11.6 Å². The number of methoxy groups -OCH3 is 2. The van der Waals surface area contributed by atoms with Crippen molar-refractivity contribution in [1.29, 1.82) is 0 Å². The van der Waals surface area contributed by atoms with E-state index in [1.807, 2.05) is 43.3 Å². The molecule has 2 N–H and O–H groups in total. The highest BCUT2D eigenvalue weighted by Crippen LogP contribution is 2.32. The number of fused-ring (bicyclic) bond motifs is 1. The molecule has 1 aromatic heterocycles. The molecule has 0 radical (unpaired) electrons. The summed E-state index contributed by atoms with van der Waals surface area (Å²) in [7, 11) is 3.19. The Hall–Kier alpha value is -2.83. The predicted octanol–water partition coefficient (Wildman–Crippen LogP) is 4.44. The molecule has 0 spiro atoms. The van der Waals surface area contributed by atoms with Crippen molar-refractivity contribution in [2.24, 2.45) is 0 Å². The summed E-state index contributed by atoms with van der Waals surface area (Å²) in [6.45, 7) is 3.80. The van der Waals surface area contributed by atoms with Gasteiger partial charge in [-0.3, -0.25) is 9.78 Å². The lowest BCUT2D eigenvalue weighted by atomic mass is 10.0. The minimum absolute atomic E-state index is 0.488. The molecule has 0 bridgehead atoms. The van der Waals surface area contributed by atoms with Gasteiger partial charge in [0, 0.05) is 18.5 Å². The van der Waals surface area contributed by atoms with Crippen molar-refractivity contribution in [3.63, 3.8) is 0 Å². The van der Waals surface area contributed by atoms with Crippen LogP contribution in [0.4, 0.5) is 5.69 Å². The van der Waals surface area contributed by atoms with Gasteiger partial charge in [0.25, 0.3) is 0 Å². The minimum Gasteiger partial charge on any atom is -0.497 e. The molecule has 0 aliphatic rings. The van der Waals surface area contributed by atoms with E-state index in [0.717, 1.165) is 35.0 Å². The number of carbonyl (C=O) groups excluding carboxylic acids is 1. The summed E-state index contributed by atoms with van der Waals surface area (Å²) in [6.07, 6.45) is 0.849. The van der Waals surface area contributed by atoms with Crippen LogP contribution in [0, 0.1) is 0 Å². The topological polar surface area (TPSA) is 72.5 Å². The van der Waals surface area contributed by atoms with Crippen molar-refractivity contribution in [3.8, 4) is 11.5 Å². The van der Waals surface area contributed by atoms with E-state index in [2.05, 4.69) is 15.6 Å². The lowest BCUT2D eigenvalue weighted by Gasteiger charge is -2.17. The summed E-state index contributed by atoms with van der Waals surface area (Å²) in [5.74, 6) is 1.32. The van der Waals surface area contributed by atoms with E-state index < -0.39 is 0 Å². The van der Waals surface area contributed by atoms with E-state index >= 15 is 0 Å². The van der Waals surface area contributed by atoms with Crippen molar-refractivity contribution in [3.05, 3.63) is 58.2 Å². The maximum absolute atomic E-state index is 12.0. The molecule has 152 valence electrons. The molecule has 0 saturated heterocycles. The number of nitrogens with one attached hydrogen (secondary N) is 2. The summed E-state index contributed by atoms with van der Waals surface area (Å²) >= 11 is 6.24. The second-order valence-electron chi connectivity index (χ2n) is 6.45. The third-order valence-corrected chi connectivity index (χ3v) is 4.95. The summed E-state index contributed by atoms with van der Waals surface area (Å²) in [5.41, 5.74) is 3.72. The molecule has 0 aliphatic carbocycles. The Kier molecular flexibility index (Phi) is 6.90. The van der Waals surface area contributed by atoms with Crippen LogP contribution in [0.3, 0.4) is 0 Å². The molecule has 0 amide bonds. The average molecular weight is 414 g/mol. The summed E-state index contributed by atoms with van der Waals surface area (Å²) < 4.78 is 10.6. The van der Waals surface area contributed by atoms with Gasteiger partial charge in [-0.2, -0.15) is 0 Å². The third-order valence-electron chi connectivity index (χ3n) is 4.65. The highest BCUT2D eigenvalue weighted by Gasteiger charge is 2.15. The van der Waals surface area contributed by atoms with Crippen LogP contribution in [0.2, 0.25) is 5.02 Å². The molecule has 1 heterocycles. The summed E-state index contributed by atoms with van der Waals surface area (Å²) in [4.78, 5) is 16.7. The number of hydrogen-bond acceptors (Lipinski definition) is 6. The van der Waals surface area contributed by atoms with Gasteiger partial charge < -0.3 is 20.1 Å². The fraction of sp³-hybridized carbons (Fsp3) is 0.273. The Morgan fingerprint density at radius 2 is 1.93 bits per heavy atom. The highest BCUT2D eigenvalue weighted by molar-refractivity contribution is 6.32. The molecule has 6 nitrogen and oxygen atoms in total. The van der Waals surface area contributed by atoms with Gasteiger partial charge in [-0.15, -0.1) is 0 Å². The normalized spacial score (nSPS) is 10.8. The molecule has 3 rings (SSSR count). The number of rotatable bonds is 9. The Balaban J connectivity index is 2.04. The number of hydrogen-bond donors (Lipinski definition) is 2. The maximum atomic E-state index is 12.0. The number of anilines is 1. The van der Waals surface area contributed by atoms with Gasteiger partial charge in [-0.25, -0.2) is 0 Å². The van der Waals surface area contributed by atoms with E-state index in [1.165, 1.54) is 0 Å². The number of aldehydes is 1. The summed E-state index contributed by atoms with van der Waals surface area (Å²) in [5, 5.41) is 8.01. The molecule has 0 unspecified atom stereocenters. The van der Waals surface area contributed by atoms with E-state index in [0.29, 0.717) is 40.9 Å². The first-order chi connectivity index (χ1) is 14.1. The number of nitrogens with zero attached hydrogens (tertiary/aromatic N) is 1. The lowest BCUT2D eigenvalue weighted by Crippen LogP contribution is -2.16. The second kappa shape index (κ2) is 9.58. The molecule has 7 heteroatoms. The zero-order valence-corrected chi connectivity index (χ0v) is 17.5. The summed E-state index contributed by atoms with van der Waals surface area (Å²) in [6, 6.07) is 11.2. The SMILES string of the molecule is CCNCc1nc2ccc(OC)cc2c(NCc2ccc(OC)c(Cl)c2)c1C=O. The molecule has 0 saturated carbocycles. The Labute approximate surface area is 175 Å². The molecule has 2 aromatic carbocycles. The zero-order chi connectivity index (χ0) is 20.8. The van der Waals surface area contributed by atoms with Gasteiger partial charge in [0.2, 0.25) is 0 Å². The number of aromatic nitrogens is 1. The first-order valence-corrected chi connectivity index (χ1v) is 9.71. The third kappa shape index (κ3) is 4.60. The van der Waals surface area contributed by atoms with E-state index in [4.69, 9.17) is 21.1 Å². The molecule has 0 fully saturated rings. The van der Waals surface area contributed by atoms with Crippen molar-refractivity contribution >= 4 is 34.5 Å². The maximum Gasteiger partial charge on any atom is 0.154 e. The van der Waals surface area contributed by atoms with Crippen LogP contribution in [0.1, 0.15) is 28.5 Å². The molecule has 0 aliphatic heterocycles. The smallest absolute Gasteiger partial charge is 0.154 e. The average Bonchev–Trinajstić information content (AvgIpc) is 2.75. The van der Waals surface area contributed by atoms with Crippen LogP contribution in [-0.2, 0) is 13.1 Å². The Morgan fingerprint density at radius 1 is 1.10 bits per heavy atom. The van der Waals surface area contributed by atoms with Gasteiger partial charge in [0.1, 0.15) is 11.5 Å². The lowest BCUT2D eigenvalue weighted by molar-refractivity contribution is 0.112. The highest BCUT2D eigenvalue weighted by atomic mass is 35.5. The van der Waals surface area contributed by atoms with Crippen LogP contribution in [0.15, 0.2) is 36.4 Å². The number of ether oxygens (including phenoxy) is 2. The Bertz CT molecular complexity index is 1020. The number of halogens is 1. The van der Waals surface area contributed by atoms with Gasteiger partial charge in [0.05, 0.1) is 41.7 Å². The Morgan fingerprint density at radius 3 is 2.59 bits per heavy atom. The predicted molar refractivity (Wildman–Crippen MR) is 116 cm³/mol. The van der Waals surface area contributed by atoms with Crippen LogP contribution in [0.5, 0.6) is 11.5 Å². The van der Waals surface area contributed by atoms with Gasteiger partial charge >= 0.3 is 0 Å². The molecule has 3 aromatic rings. The zero-order valence-electron chi connectivity index (χ0n) is 16.7. The molecular weight excluding hydrogens is 390 g/mol. The minimum atomic E-state index is 0.488. The fourth-order valence-corrected chi connectivity index (χ4v) is 3.42. The molecule has 29 heavy (non-hydrogen) atoms. The van der Waals surface area contributed by atoms with Gasteiger partial charge in [-0.1, -0.05) is 24.6 Å². The van der Waals surface area contributed by atoms with Gasteiger partial charge in [0.15, 0.2) is 6.29 Å². The van der Waals surface area contributed by atoms with Crippen LogP contribution in [0.25, 0.3) is 10.9 Å². The monoisotopic (exact) mass is 413 g/mol. The number of pyridine rings is 1. The van der Waals surface area contributed by atoms with E-state index in [9.17, 15) is 4.79 Å². The quantitative estimate of drug-likeness (QED) is 0.505. The largest absolute Gasteiger partial charge is 0.497 e. The van der Waals surface area contributed by atoms with Crippen molar-refractivity contribution < 1.29 is 14.3 Å². The van der Waals surface area contributed by atoms with E-state index in [1.54, 1.807) is 14.2 Å². The molecule has 0 atom stereocenters. The first-order valence-electron chi connectivity index (χ1n) is 9.34. The fourth-order valence-electron chi connectivity index (χ4n) is 3.14. The first kappa shape index (κ1) is 20.9. The van der Waals surface area contributed by atoms with Gasteiger partial charge in [-0.05, 0) is 42.4 Å². The van der Waals surface area contributed by atoms with Crippen LogP contribution in [-0.4, -0.2) is 32.0 Å². The second-order valence-corrected chi connectivity index (χ2v) is 6.86. The van der Waals surface area contributed by atoms with Crippen molar-refractivity contribution in [2.75, 3.05) is 26.1 Å². The van der Waals surface area contributed by atoms with E-state index in [-0.39, 0.29) is 0 Å². The standard InChI is InChI=1S/C22H24ClN3O3/c1-4-24-12-20-17(13-27)22(16-10-15(28-2)6-7-19(16)26-20)25-11-14-5-8-21(29-3)18(23)9-14/h5-10,13,24H,4,11-12H2,1-3H3,(H,25,26). The molecular formula is C22H24ClN3O3. The van der Waals surface area contributed by atoms with Crippen molar-refractivity contribution in [1.82, 2.24) is 10.3 Å². The van der Waals surface area contributed by atoms with Crippen LogP contribution < -0.4 is 20.1 Å². The number of benzene rings is 2. The van der Waals surface area contributed by atoms with Crippen molar-refractivity contribution in [2.45, 2.75) is 20.0 Å². The number of carbonyl (C=O) groups is 1.